The summed E-state index contributed by atoms with van der Waals surface area (Å²) < 4.78 is 16.3. The fraction of sp³-hybridized carbons (Fsp3) is 0.391. The largest absolute Gasteiger partial charge is 0.868 e. The normalized spacial score (nSPS) is 16.4. The van der Waals surface area contributed by atoms with Gasteiger partial charge in [0, 0.05) is 24.1 Å². The van der Waals surface area contributed by atoms with Crippen LogP contribution in [-0.4, -0.2) is 58.0 Å². The number of amides is 1. The van der Waals surface area contributed by atoms with E-state index in [4.69, 9.17) is 13.9 Å². The molecule has 166 valence electrons. The highest BCUT2D eigenvalue weighted by Crippen LogP contribution is 2.43. The van der Waals surface area contributed by atoms with Crippen molar-refractivity contribution in [1.29, 1.82) is 0 Å². The Bertz CT molecular complexity index is 1010. The van der Waals surface area contributed by atoms with E-state index in [-0.39, 0.29) is 11.3 Å². The molecule has 8 heteroatoms. The van der Waals surface area contributed by atoms with Crippen molar-refractivity contribution >= 4 is 11.7 Å². The highest BCUT2D eigenvalue weighted by atomic mass is 16.5. The Labute approximate surface area is 181 Å². The highest BCUT2D eigenvalue weighted by molar-refractivity contribution is 6.14. The summed E-state index contributed by atoms with van der Waals surface area (Å²) in [7, 11) is 7.05. The van der Waals surface area contributed by atoms with Gasteiger partial charge in [0.1, 0.15) is 17.3 Å². The number of benzene rings is 1. The number of carbonyl (C=O) groups excluding carboxylic acids is 2. The molecule has 8 nitrogen and oxygen atoms in total. The van der Waals surface area contributed by atoms with Gasteiger partial charge >= 0.3 is 0 Å². The van der Waals surface area contributed by atoms with Gasteiger partial charge in [0.2, 0.25) is 11.7 Å². The SMILES string of the molecule is COc1ccc(OC)c(C2C(C(=O)c3ccc(C)o3)=C([O-])C(=O)N2CCC[NH+](C)C)c1. The van der Waals surface area contributed by atoms with Crippen LogP contribution in [0.2, 0.25) is 0 Å². The zero-order chi connectivity index (χ0) is 22.7. The summed E-state index contributed by atoms with van der Waals surface area (Å²) in [6.45, 7) is 2.84. The number of quaternary nitrogens is 1. The Kier molecular flexibility index (Phi) is 6.70. The Hall–Kier alpha value is -3.26. The van der Waals surface area contributed by atoms with E-state index in [0.717, 1.165) is 6.54 Å². The Morgan fingerprint density at radius 3 is 2.52 bits per heavy atom. The molecule has 1 aliphatic rings. The molecule has 1 N–H and O–H groups in total. The second kappa shape index (κ2) is 9.26. The Morgan fingerprint density at radius 1 is 1.19 bits per heavy atom. The smallest absolute Gasteiger partial charge is 0.239 e. The molecular weight excluding hydrogens is 400 g/mol. The molecule has 0 fully saturated rings. The minimum Gasteiger partial charge on any atom is -0.868 e. The summed E-state index contributed by atoms with van der Waals surface area (Å²) in [6, 6.07) is 7.38. The molecule has 2 heterocycles. The third-order valence-corrected chi connectivity index (χ3v) is 5.30. The van der Waals surface area contributed by atoms with Crippen molar-refractivity contribution in [2.45, 2.75) is 19.4 Å². The molecular formula is C23H28N2O6. The van der Waals surface area contributed by atoms with Crippen LogP contribution < -0.4 is 19.5 Å². The number of hydrogen-bond acceptors (Lipinski definition) is 6. The van der Waals surface area contributed by atoms with Gasteiger partial charge in [-0.2, -0.15) is 0 Å². The van der Waals surface area contributed by atoms with Crippen molar-refractivity contribution in [3.63, 3.8) is 0 Å². The van der Waals surface area contributed by atoms with Crippen molar-refractivity contribution in [2.24, 2.45) is 0 Å². The zero-order valence-electron chi connectivity index (χ0n) is 18.5. The summed E-state index contributed by atoms with van der Waals surface area (Å²) >= 11 is 0. The molecule has 0 saturated heterocycles. The lowest BCUT2D eigenvalue weighted by Gasteiger charge is -2.29. The maximum Gasteiger partial charge on any atom is 0.239 e. The number of rotatable bonds is 9. The molecule has 1 aliphatic heterocycles. The van der Waals surface area contributed by atoms with E-state index >= 15 is 0 Å². The van der Waals surface area contributed by atoms with E-state index in [2.05, 4.69) is 0 Å². The van der Waals surface area contributed by atoms with Gasteiger partial charge in [-0.15, -0.1) is 0 Å². The number of nitrogens with one attached hydrogen (secondary N) is 1. The van der Waals surface area contributed by atoms with Gasteiger partial charge in [0.05, 0.1) is 40.9 Å². The van der Waals surface area contributed by atoms with E-state index in [9.17, 15) is 14.7 Å². The number of ketones is 1. The second-order valence-electron chi connectivity index (χ2n) is 7.80. The summed E-state index contributed by atoms with van der Waals surface area (Å²) in [5, 5.41) is 13.0. The van der Waals surface area contributed by atoms with Gasteiger partial charge in [-0.05, 0) is 43.0 Å². The average molecular weight is 428 g/mol. The molecule has 3 rings (SSSR count). The molecule has 0 aliphatic carbocycles. The molecule has 31 heavy (non-hydrogen) atoms. The van der Waals surface area contributed by atoms with Crippen LogP contribution in [0, 0.1) is 6.92 Å². The third kappa shape index (κ3) is 4.44. The predicted octanol–water partition coefficient (Wildman–Crippen LogP) is 0.520. The quantitative estimate of drug-likeness (QED) is 0.585. The topological polar surface area (TPSA) is 96.5 Å². The van der Waals surface area contributed by atoms with Gasteiger partial charge < -0.3 is 28.8 Å². The van der Waals surface area contributed by atoms with Gasteiger partial charge in [0.15, 0.2) is 5.76 Å². The predicted molar refractivity (Wildman–Crippen MR) is 111 cm³/mol. The molecule has 2 aromatic rings. The second-order valence-corrected chi connectivity index (χ2v) is 7.80. The van der Waals surface area contributed by atoms with Gasteiger partial charge in [-0.25, -0.2) is 0 Å². The summed E-state index contributed by atoms with van der Waals surface area (Å²) in [6.07, 6.45) is 0.672. The van der Waals surface area contributed by atoms with Crippen molar-refractivity contribution < 1.29 is 33.5 Å². The van der Waals surface area contributed by atoms with Crippen LogP contribution in [0.5, 0.6) is 11.5 Å². The lowest BCUT2D eigenvalue weighted by Crippen LogP contribution is -3.05. The monoisotopic (exact) mass is 428 g/mol. The Morgan fingerprint density at radius 2 is 1.94 bits per heavy atom. The number of aryl methyl sites for hydroxylation is 1. The van der Waals surface area contributed by atoms with E-state index < -0.39 is 23.5 Å². The van der Waals surface area contributed by atoms with Crippen LogP contribution >= 0.6 is 0 Å². The Balaban J connectivity index is 2.11. The lowest BCUT2D eigenvalue weighted by molar-refractivity contribution is -0.858. The average Bonchev–Trinajstić information content (AvgIpc) is 3.29. The molecule has 0 bridgehead atoms. The van der Waals surface area contributed by atoms with Gasteiger partial charge in [-0.1, -0.05) is 0 Å². The first-order valence-electron chi connectivity index (χ1n) is 10.1. The van der Waals surface area contributed by atoms with Gasteiger partial charge in [0.25, 0.3) is 0 Å². The van der Waals surface area contributed by atoms with Crippen LogP contribution in [0.15, 0.2) is 46.1 Å². The molecule has 1 atom stereocenters. The van der Waals surface area contributed by atoms with Crippen molar-refractivity contribution in [2.75, 3.05) is 41.4 Å². The number of hydrogen-bond donors (Lipinski definition) is 1. The molecule has 1 aromatic carbocycles. The molecule has 0 saturated carbocycles. The number of Topliss-reactive ketones (excluding diaryl/α,β-unsaturated/α-hetero) is 1. The van der Waals surface area contributed by atoms with Crippen molar-refractivity contribution in [1.82, 2.24) is 4.90 Å². The molecule has 1 aromatic heterocycles. The van der Waals surface area contributed by atoms with Crippen LogP contribution in [-0.2, 0) is 4.79 Å². The van der Waals surface area contributed by atoms with E-state index in [1.165, 1.54) is 30.1 Å². The summed E-state index contributed by atoms with van der Waals surface area (Å²) in [5.41, 5.74) is 0.382. The number of furan rings is 1. The van der Waals surface area contributed by atoms with Crippen LogP contribution in [0.1, 0.15) is 34.3 Å². The fourth-order valence-corrected chi connectivity index (χ4v) is 3.77. The zero-order valence-corrected chi connectivity index (χ0v) is 18.5. The molecule has 1 amide bonds. The van der Waals surface area contributed by atoms with Crippen LogP contribution in [0.25, 0.3) is 0 Å². The van der Waals surface area contributed by atoms with Crippen molar-refractivity contribution in [3.8, 4) is 11.5 Å². The first-order valence-corrected chi connectivity index (χ1v) is 10.1. The van der Waals surface area contributed by atoms with Crippen LogP contribution in [0.3, 0.4) is 0 Å². The maximum atomic E-state index is 13.3. The van der Waals surface area contributed by atoms with E-state index in [1.807, 2.05) is 14.1 Å². The minimum atomic E-state index is -0.889. The van der Waals surface area contributed by atoms with E-state index in [0.29, 0.717) is 35.8 Å². The standard InChI is InChI=1S/C23H28N2O6/c1-14-7-9-18(31-14)21(26)19-20(16-13-15(29-4)8-10-17(16)30-5)25(23(28)22(19)27)12-6-11-24(2)3/h7-10,13,20,27H,6,11-12H2,1-5H3. The van der Waals surface area contributed by atoms with E-state index in [1.54, 1.807) is 31.2 Å². The fourth-order valence-electron chi connectivity index (χ4n) is 3.77. The number of methoxy groups -OCH3 is 2. The summed E-state index contributed by atoms with van der Waals surface area (Å²) in [4.78, 5) is 28.9. The minimum absolute atomic E-state index is 0.0279. The summed E-state index contributed by atoms with van der Waals surface area (Å²) in [5.74, 6) is -0.552. The number of carbonyl (C=O) groups is 2. The number of nitrogens with zero attached hydrogens (tertiary/aromatic N) is 1. The highest BCUT2D eigenvalue weighted by Gasteiger charge is 2.41. The number of ether oxygens (including phenoxy) is 2. The third-order valence-electron chi connectivity index (χ3n) is 5.30. The molecule has 0 radical (unpaired) electrons. The lowest BCUT2D eigenvalue weighted by atomic mass is 9.94. The molecule has 1 unspecified atom stereocenters. The first-order chi connectivity index (χ1) is 14.8. The van der Waals surface area contributed by atoms with Gasteiger partial charge in [-0.3, -0.25) is 9.59 Å². The molecule has 0 spiro atoms. The van der Waals surface area contributed by atoms with Crippen molar-refractivity contribution in [3.05, 3.63) is 58.7 Å². The first kappa shape index (κ1) is 22.4. The maximum absolute atomic E-state index is 13.3. The van der Waals surface area contributed by atoms with Crippen LogP contribution in [0.4, 0.5) is 0 Å².